The number of rotatable bonds is 6. The molecule has 30 heavy (non-hydrogen) atoms. The number of halogens is 2. The van der Waals surface area contributed by atoms with Crippen LogP contribution in [-0.4, -0.2) is 11.8 Å². The Morgan fingerprint density at radius 1 is 1.00 bits per heavy atom. The van der Waals surface area contributed by atoms with Gasteiger partial charge < -0.3 is 10.6 Å². The van der Waals surface area contributed by atoms with E-state index >= 15 is 0 Å². The lowest BCUT2D eigenvalue weighted by molar-refractivity contribution is -0.122. The molecule has 0 aromatic heterocycles. The fraction of sp³-hybridized carbons (Fsp3) is 0.167. The van der Waals surface area contributed by atoms with Crippen molar-refractivity contribution in [3.05, 3.63) is 100 Å². The third kappa shape index (κ3) is 4.69. The summed E-state index contributed by atoms with van der Waals surface area (Å²) in [6.45, 7) is 0.366. The minimum Gasteiger partial charge on any atom is -0.352 e. The first-order valence-electron chi connectivity index (χ1n) is 9.69. The van der Waals surface area contributed by atoms with E-state index in [1.54, 1.807) is 12.1 Å². The molecule has 2 amide bonds. The first-order valence-corrected chi connectivity index (χ1v) is 10.1. The van der Waals surface area contributed by atoms with Crippen LogP contribution in [0.1, 0.15) is 33.8 Å². The van der Waals surface area contributed by atoms with E-state index in [0.29, 0.717) is 22.8 Å². The van der Waals surface area contributed by atoms with Crippen molar-refractivity contribution in [2.24, 2.45) is 5.92 Å². The average molecular weight is 423 g/mol. The van der Waals surface area contributed by atoms with Gasteiger partial charge in [-0.05, 0) is 65.9 Å². The number of anilines is 1. The van der Waals surface area contributed by atoms with Crippen molar-refractivity contribution in [2.45, 2.75) is 18.9 Å². The topological polar surface area (TPSA) is 58.2 Å². The molecule has 0 saturated heterocycles. The van der Waals surface area contributed by atoms with Gasteiger partial charge in [-0.15, -0.1) is 0 Å². The number of carbonyl (C=O) groups is 2. The van der Waals surface area contributed by atoms with Gasteiger partial charge in [0.25, 0.3) is 5.91 Å². The lowest BCUT2D eigenvalue weighted by atomic mass is 10.1. The molecule has 0 bridgehead atoms. The molecule has 1 saturated carbocycles. The number of amides is 2. The van der Waals surface area contributed by atoms with Crippen LogP contribution in [0.3, 0.4) is 0 Å². The zero-order valence-corrected chi connectivity index (χ0v) is 16.8. The molecule has 1 aliphatic carbocycles. The molecule has 0 heterocycles. The minimum atomic E-state index is -0.392. The van der Waals surface area contributed by atoms with Crippen molar-refractivity contribution in [3.63, 3.8) is 0 Å². The van der Waals surface area contributed by atoms with Gasteiger partial charge in [-0.2, -0.15) is 0 Å². The number of hydrogen-bond donors (Lipinski definition) is 2. The molecule has 2 atom stereocenters. The third-order valence-electron chi connectivity index (χ3n) is 5.19. The van der Waals surface area contributed by atoms with Crippen LogP contribution < -0.4 is 10.6 Å². The predicted octanol–water partition coefficient (Wildman–Crippen LogP) is 5.15. The molecule has 0 radical (unpaired) electrons. The number of hydrogen-bond acceptors (Lipinski definition) is 2. The summed E-state index contributed by atoms with van der Waals surface area (Å²) < 4.78 is 13.0. The van der Waals surface area contributed by atoms with E-state index in [2.05, 4.69) is 10.6 Å². The normalized spacial score (nSPS) is 17.3. The van der Waals surface area contributed by atoms with Crippen molar-refractivity contribution >= 4 is 29.1 Å². The van der Waals surface area contributed by atoms with Crippen LogP contribution in [-0.2, 0) is 11.3 Å². The minimum absolute atomic E-state index is 0.000621. The summed E-state index contributed by atoms with van der Waals surface area (Å²) in [4.78, 5) is 24.8. The molecule has 1 aliphatic rings. The van der Waals surface area contributed by atoms with Crippen molar-refractivity contribution in [3.8, 4) is 0 Å². The van der Waals surface area contributed by atoms with Gasteiger partial charge in [-0.1, -0.05) is 41.9 Å². The van der Waals surface area contributed by atoms with Crippen LogP contribution in [0.4, 0.5) is 10.1 Å². The van der Waals surface area contributed by atoms with E-state index in [9.17, 15) is 14.0 Å². The van der Waals surface area contributed by atoms with Crippen molar-refractivity contribution in [1.29, 1.82) is 0 Å². The highest BCUT2D eigenvalue weighted by molar-refractivity contribution is 6.31. The number of nitrogens with one attached hydrogen (secondary N) is 2. The van der Waals surface area contributed by atoms with E-state index in [-0.39, 0.29) is 23.7 Å². The molecular formula is C24H20ClFN2O2. The summed E-state index contributed by atoms with van der Waals surface area (Å²) in [5, 5.41) is 6.45. The second kappa shape index (κ2) is 8.67. The number of benzene rings is 3. The van der Waals surface area contributed by atoms with Gasteiger partial charge in [-0.25, -0.2) is 4.39 Å². The molecule has 6 heteroatoms. The Balaban J connectivity index is 1.32. The molecule has 2 N–H and O–H groups in total. The molecule has 152 valence electrons. The average Bonchev–Trinajstić information content (AvgIpc) is 3.54. The van der Waals surface area contributed by atoms with Crippen LogP contribution in [0.5, 0.6) is 0 Å². The first-order chi connectivity index (χ1) is 14.5. The van der Waals surface area contributed by atoms with E-state index in [1.165, 1.54) is 24.3 Å². The number of carbonyl (C=O) groups excluding carboxylic acids is 2. The maximum absolute atomic E-state index is 13.0. The Bertz CT molecular complexity index is 1080. The highest BCUT2D eigenvalue weighted by Crippen LogP contribution is 2.49. The summed E-state index contributed by atoms with van der Waals surface area (Å²) in [5.41, 5.74) is 2.87. The second-order valence-electron chi connectivity index (χ2n) is 7.35. The van der Waals surface area contributed by atoms with Crippen molar-refractivity contribution in [2.75, 3.05) is 5.32 Å². The smallest absolute Gasteiger partial charge is 0.255 e. The molecule has 2 unspecified atom stereocenters. The maximum Gasteiger partial charge on any atom is 0.255 e. The summed E-state index contributed by atoms with van der Waals surface area (Å²) in [5.74, 6) is -0.611. The van der Waals surface area contributed by atoms with Gasteiger partial charge in [0.1, 0.15) is 5.82 Å². The molecule has 3 aromatic carbocycles. The molecule has 4 nitrogen and oxygen atoms in total. The Labute approximate surface area is 179 Å². The van der Waals surface area contributed by atoms with Crippen molar-refractivity contribution < 1.29 is 14.0 Å². The van der Waals surface area contributed by atoms with Crippen LogP contribution in [0.15, 0.2) is 72.8 Å². The van der Waals surface area contributed by atoms with Crippen LogP contribution in [0, 0.1) is 11.7 Å². The zero-order valence-electron chi connectivity index (χ0n) is 16.1. The Kier molecular flexibility index (Phi) is 5.81. The van der Waals surface area contributed by atoms with Gasteiger partial charge in [0.15, 0.2) is 0 Å². The molecule has 4 rings (SSSR count). The first kappa shape index (κ1) is 20.1. The molecule has 3 aromatic rings. The van der Waals surface area contributed by atoms with Gasteiger partial charge >= 0.3 is 0 Å². The molecular weight excluding hydrogens is 403 g/mol. The standard InChI is InChI=1S/C24H20ClFN2O2/c25-22-7-2-1-6-19(22)20-13-21(20)24(30)27-14-15-4-3-5-18(12-15)28-23(29)16-8-10-17(26)11-9-16/h1-12,20-21H,13-14H2,(H,27,30)(H,28,29). The monoisotopic (exact) mass is 422 g/mol. The van der Waals surface area contributed by atoms with Crippen LogP contribution >= 0.6 is 11.6 Å². The van der Waals surface area contributed by atoms with Gasteiger partial charge in [0.2, 0.25) is 5.91 Å². The fourth-order valence-corrected chi connectivity index (χ4v) is 3.76. The van der Waals surface area contributed by atoms with Crippen molar-refractivity contribution in [1.82, 2.24) is 5.32 Å². The quantitative estimate of drug-likeness (QED) is 0.577. The Morgan fingerprint density at radius 2 is 1.77 bits per heavy atom. The van der Waals surface area contributed by atoms with E-state index in [0.717, 1.165) is 17.5 Å². The highest BCUT2D eigenvalue weighted by atomic mass is 35.5. The Hall–Kier alpha value is -3.18. The zero-order chi connectivity index (χ0) is 21.1. The molecule has 0 spiro atoms. The predicted molar refractivity (Wildman–Crippen MR) is 115 cm³/mol. The third-order valence-corrected chi connectivity index (χ3v) is 5.53. The largest absolute Gasteiger partial charge is 0.352 e. The molecule has 0 aliphatic heterocycles. The van der Waals surface area contributed by atoms with Gasteiger partial charge in [-0.3, -0.25) is 9.59 Å². The van der Waals surface area contributed by atoms with Gasteiger partial charge in [0, 0.05) is 28.7 Å². The summed E-state index contributed by atoms with van der Waals surface area (Å²) in [6, 6.07) is 20.2. The lowest BCUT2D eigenvalue weighted by Gasteiger charge is -2.09. The SMILES string of the molecule is O=C(Nc1cccc(CNC(=O)C2CC2c2ccccc2Cl)c1)c1ccc(F)cc1. The molecule has 1 fully saturated rings. The van der Waals surface area contributed by atoms with E-state index in [1.807, 2.05) is 36.4 Å². The van der Waals surface area contributed by atoms with E-state index < -0.39 is 5.82 Å². The van der Waals surface area contributed by atoms with Gasteiger partial charge in [0.05, 0.1) is 0 Å². The summed E-state index contributed by atoms with van der Waals surface area (Å²) in [7, 11) is 0. The Morgan fingerprint density at radius 3 is 2.53 bits per heavy atom. The summed E-state index contributed by atoms with van der Waals surface area (Å²) >= 11 is 6.23. The maximum atomic E-state index is 13.0. The fourth-order valence-electron chi connectivity index (χ4n) is 3.49. The lowest BCUT2D eigenvalue weighted by Crippen LogP contribution is -2.25. The van der Waals surface area contributed by atoms with Crippen LogP contribution in [0.2, 0.25) is 5.02 Å². The summed E-state index contributed by atoms with van der Waals surface area (Å²) in [6.07, 6.45) is 0.795. The van der Waals surface area contributed by atoms with E-state index in [4.69, 9.17) is 11.6 Å². The second-order valence-corrected chi connectivity index (χ2v) is 7.76. The highest BCUT2D eigenvalue weighted by Gasteiger charge is 2.44. The van der Waals surface area contributed by atoms with Crippen LogP contribution in [0.25, 0.3) is 0 Å².